The molecule has 0 heterocycles. The quantitative estimate of drug-likeness (QED) is 0.852. The number of aryl methyl sites for hydroxylation is 1. The Hall–Kier alpha value is -1.49. The average molecular weight is 228 g/mol. The highest BCUT2D eigenvalue weighted by atomic mass is 14.9. The summed E-state index contributed by atoms with van der Waals surface area (Å²) in [6.07, 6.45) is 5.36. The van der Waals surface area contributed by atoms with Crippen molar-refractivity contribution < 1.29 is 0 Å². The van der Waals surface area contributed by atoms with Crippen LogP contribution in [0.2, 0.25) is 0 Å². The van der Waals surface area contributed by atoms with Crippen LogP contribution in [0, 0.1) is 24.2 Å². The Bertz CT molecular complexity index is 425. The smallest absolute Gasteiger partial charge is 0.101 e. The molecule has 0 radical (unpaired) electrons. The van der Waals surface area contributed by atoms with Gasteiger partial charge in [0.05, 0.1) is 11.3 Å². The molecule has 17 heavy (non-hydrogen) atoms. The Balaban J connectivity index is 2.15. The van der Waals surface area contributed by atoms with Gasteiger partial charge in [0.15, 0.2) is 0 Å². The first-order chi connectivity index (χ1) is 8.22. The molecule has 1 unspecified atom stereocenters. The van der Waals surface area contributed by atoms with E-state index in [1.165, 1.54) is 25.7 Å². The van der Waals surface area contributed by atoms with E-state index in [1.54, 1.807) is 0 Å². The maximum atomic E-state index is 9.13. The van der Waals surface area contributed by atoms with Crippen molar-refractivity contribution in [2.45, 2.75) is 45.6 Å². The van der Waals surface area contributed by atoms with Crippen LogP contribution in [0.5, 0.6) is 0 Å². The zero-order valence-corrected chi connectivity index (χ0v) is 10.7. The van der Waals surface area contributed by atoms with Crippen molar-refractivity contribution in [3.63, 3.8) is 0 Å². The Kier molecular flexibility index (Phi) is 3.68. The minimum atomic E-state index is 0.464. The standard InChI is InChI=1S/C15H20N2/c1-11-6-5-9-14(10-16)15(11)17-12(2)13-7-3-4-8-13/h5-6,9,12-13,17H,3-4,7-8H2,1-2H3. The number of hydrogen-bond acceptors (Lipinski definition) is 2. The predicted octanol–water partition coefficient (Wildman–Crippen LogP) is 3.86. The van der Waals surface area contributed by atoms with Crippen LogP contribution < -0.4 is 5.32 Å². The summed E-state index contributed by atoms with van der Waals surface area (Å²) in [6, 6.07) is 8.62. The van der Waals surface area contributed by atoms with Crippen LogP contribution in [-0.4, -0.2) is 6.04 Å². The van der Waals surface area contributed by atoms with Crippen LogP contribution in [-0.2, 0) is 0 Å². The highest BCUT2D eigenvalue weighted by molar-refractivity contribution is 5.62. The van der Waals surface area contributed by atoms with Gasteiger partial charge in [-0.15, -0.1) is 0 Å². The first-order valence-corrected chi connectivity index (χ1v) is 6.48. The Morgan fingerprint density at radius 3 is 2.71 bits per heavy atom. The van der Waals surface area contributed by atoms with Crippen LogP contribution in [0.15, 0.2) is 18.2 Å². The Morgan fingerprint density at radius 2 is 2.06 bits per heavy atom. The second-order valence-corrected chi connectivity index (χ2v) is 5.09. The van der Waals surface area contributed by atoms with Gasteiger partial charge in [-0.1, -0.05) is 25.0 Å². The van der Waals surface area contributed by atoms with Gasteiger partial charge < -0.3 is 5.32 Å². The summed E-state index contributed by atoms with van der Waals surface area (Å²) in [5.41, 5.74) is 2.94. The lowest BCUT2D eigenvalue weighted by molar-refractivity contribution is 0.482. The molecule has 2 heteroatoms. The van der Waals surface area contributed by atoms with Crippen LogP contribution >= 0.6 is 0 Å². The van der Waals surface area contributed by atoms with Gasteiger partial charge in [0.1, 0.15) is 6.07 Å². The van der Waals surface area contributed by atoms with Crippen molar-refractivity contribution in [3.05, 3.63) is 29.3 Å². The van der Waals surface area contributed by atoms with Gasteiger partial charge in [-0.3, -0.25) is 0 Å². The summed E-state index contributed by atoms with van der Waals surface area (Å²) < 4.78 is 0. The van der Waals surface area contributed by atoms with E-state index < -0.39 is 0 Å². The van der Waals surface area contributed by atoms with Gasteiger partial charge in [0.2, 0.25) is 0 Å². The normalized spacial score (nSPS) is 17.7. The van der Waals surface area contributed by atoms with Crippen molar-refractivity contribution in [1.82, 2.24) is 0 Å². The van der Waals surface area contributed by atoms with E-state index in [-0.39, 0.29) is 0 Å². The summed E-state index contributed by atoms with van der Waals surface area (Å²) in [7, 11) is 0. The topological polar surface area (TPSA) is 35.8 Å². The minimum Gasteiger partial charge on any atom is -0.381 e. The number of nitrogens with zero attached hydrogens (tertiary/aromatic N) is 1. The zero-order chi connectivity index (χ0) is 12.3. The number of nitrogens with one attached hydrogen (secondary N) is 1. The third kappa shape index (κ3) is 2.61. The van der Waals surface area contributed by atoms with E-state index in [0.29, 0.717) is 6.04 Å². The monoisotopic (exact) mass is 228 g/mol. The molecule has 1 fully saturated rings. The maximum absolute atomic E-state index is 9.13. The summed E-state index contributed by atoms with van der Waals surface area (Å²) in [4.78, 5) is 0. The summed E-state index contributed by atoms with van der Waals surface area (Å²) in [6.45, 7) is 4.30. The van der Waals surface area contributed by atoms with Gasteiger partial charge in [0.25, 0.3) is 0 Å². The van der Waals surface area contributed by atoms with Crippen LogP contribution in [0.1, 0.15) is 43.7 Å². The lowest BCUT2D eigenvalue weighted by Gasteiger charge is -2.23. The Labute approximate surface area is 104 Å². The van der Waals surface area contributed by atoms with Crippen molar-refractivity contribution >= 4 is 5.69 Å². The molecule has 2 rings (SSSR count). The highest BCUT2D eigenvalue weighted by Gasteiger charge is 2.22. The molecule has 1 saturated carbocycles. The summed E-state index contributed by atoms with van der Waals surface area (Å²) >= 11 is 0. The largest absolute Gasteiger partial charge is 0.381 e. The number of rotatable bonds is 3. The molecule has 1 aromatic rings. The molecule has 0 spiro atoms. The molecular formula is C15H20N2. The highest BCUT2D eigenvalue weighted by Crippen LogP contribution is 2.30. The van der Waals surface area contributed by atoms with E-state index in [0.717, 1.165) is 22.7 Å². The van der Waals surface area contributed by atoms with Crippen molar-refractivity contribution in [1.29, 1.82) is 5.26 Å². The first-order valence-electron chi connectivity index (χ1n) is 6.48. The second-order valence-electron chi connectivity index (χ2n) is 5.09. The summed E-state index contributed by atoms with van der Waals surface area (Å²) in [5.74, 6) is 0.765. The molecule has 0 bridgehead atoms. The van der Waals surface area contributed by atoms with Gasteiger partial charge in [-0.2, -0.15) is 5.26 Å². The number of para-hydroxylation sites is 1. The minimum absolute atomic E-state index is 0.464. The van der Waals surface area contributed by atoms with E-state index >= 15 is 0 Å². The third-order valence-electron chi connectivity index (χ3n) is 3.87. The molecular weight excluding hydrogens is 208 g/mol. The Morgan fingerprint density at radius 1 is 1.35 bits per heavy atom. The van der Waals surface area contributed by atoms with Crippen LogP contribution in [0.3, 0.4) is 0 Å². The van der Waals surface area contributed by atoms with E-state index in [1.807, 2.05) is 12.1 Å². The fraction of sp³-hybridized carbons (Fsp3) is 0.533. The van der Waals surface area contributed by atoms with E-state index in [9.17, 15) is 0 Å². The van der Waals surface area contributed by atoms with Crippen molar-refractivity contribution in [3.8, 4) is 6.07 Å². The molecule has 1 N–H and O–H groups in total. The SMILES string of the molecule is Cc1cccc(C#N)c1NC(C)C1CCCC1. The molecule has 0 amide bonds. The molecule has 1 atom stereocenters. The first kappa shape index (κ1) is 12.0. The molecule has 0 aromatic heterocycles. The average Bonchev–Trinajstić information content (AvgIpc) is 2.85. The summed E-state index contributed by atoms with van der Waals surface area (Å²) in [5, 5.41) is 12.7. The third-order valence-corrected chi connectivity index (χ3v) is 3.87. The van der Waals surface area contributed by atoms with Crippen molar-refractivity contribution in [2.24, 2.45) is 5.92 Å². The molecule has 0 saturated heterocycles. The molecule has 1 aliphatic carbocycles. The van der Waals surface area contributed by atoms with Crippen LogP contribution in [0.4, 0.5) is 5.69 Å². The fourth-order valence-electron chi connectivity index (χ4n) is 2.76. The van der Waals surface area contributed by atoms with Crippen LogP contribution in [0.25, 0.3) is 0 Å². The fourth-order valence-corrected chi connectivity index (χ4v) is 2.76. The van der Waals surface area contributed by atoms with Gasteiger partial charge in [-0.25, -0.2) is 0 Å². The second kappa shape index (κ2) is 5.23. The number of nitriles is 1. The molecule has 2 nitrogen and oxygen atoms in total. The number of anilines is 1. The van der Waals surface area contributed by atoms with E-state index in [4.69, 9.17) is 5.26 Å². The molecule has 90 valence electrons. The van der Waals surface area contributed by atoms with Crippen molar-refractivity contribution in [2.75, 3.05) is 5.32 Å². The number of hydrogen-bond donors (Lipinski definition) is 1. The van der Waals surface area contributed by atoms with Gasteiger partial charge in [0, 0.05) is 6.04 Å². The molecule has 1 aliphatic rings. The molecule has 0 aliphatic heterocycles. The zero-order valence-electron chi connectivity index (χ0n) is 10.7. The predicted molar refractivity (Wildman–Crippen MR) is 70.9 cm³/mol. The maximum Gasteiger partial charge on any atom is 0.101 e. The molecule has 1 aromatic carbocycles. The lowest BCUT2D eigenvalue weighted by Crippen LogP contribution is -2.24. The van der Waals surface area contributed by atoms with Gasteiger partial charge in [-0.05, 0) is 44.2 Å². The number of benzene rings is 1. The van der Waals surface area contributed by atoms with Gasteiger partial charge >= 0.3 is 0 Å². The lowest BCUT2D eigenvalue weighted by atomic mass is 9.98. The van der Waals surface area contributed by atoms with E-state index in [2.05, 4.69) is 31.3 Å².